The number of nitrogens with zero attached hydrogens (tertiary/aromatic N) is 2. The van der Waals surface area contributed by atoms with Gasteiger partial charge in [0.2, 0.25) is 22.5 Å². The second kappa shape index (κ2) is 6.98. The third-order valence-corrected chi connectivity index (χ3v) is 4.17. The fraction of sp³-hybridized carbons (Fsp3) is 0.312. The van der Waals surface area contributed by atoms with Crippen LogP contribution in [0.1, 0.15) is 19.4 Å². The summed E-state index contributed by atoms with van der Waals surface area (Å²) in [5.41, 5.74) is 0.694. The van der Waals surface area contributed by atoms with Crippen LogP contribution in [0.25, 0.3) is 10.9 Å². The van der Waals surface area contributed by atoms with Crippen LogP contribution in [-0.2, 0) is 14.4 Å². The average Bonchev–Trinajstić information content (AvgIpc) is 2.89. The number of carbonyl (C=O) groups is 3. The zero-order valence-electron chi connectivity index (χ0n) is 13.5. The average molecular weight is 359 g/mol. The van der Waals surface area contributed by atoms with Gasteiger partial charge in [-0.2, -0.15) is 0 Å². The lowest BCUT2D eigenvalue weighted by Gasteiger charge is -2.13. The van der Waals surface area contributed by atoms with Crippen LogP contribution >= 0.6 is 12.2 Å². The minimum absolute atomic E-state index is 0.0484. The second-order valence-corrected chi connectivity index (χ2v) is 6.04. The molecule has 1 aromatic carbocycles. The van der Waals surface area contributed by atoms with Crippen molar-refractivity contribution in [2.45, 2.75) is 19.4 Å². The lowest BCUT2D eigenvalue weighted by molar-refractivity contribution is -0.126. The lowest BCUT2D eigenvalue weighted by atomic mass is 10.2. The van der Waals surface area contributed by atoms with E-state index >= 15 is 0 Å². The van der Waals surface area contributed by atoms with Gasteiger partial charge in [-0.05, 0) is 24.4 Å². The number of nitrogens with one attached hydrogen (secondary N) is 3. The van der Waals surface area contributed by atoms with Gasteiger partial charge in [-0.3, -0.25) is 19.0 Å². The van der Waals surface area contributed by atoms with Crippen molar-refractivity contribution in [3.63, 3.8) is 0 Å². The van der Waals surface area contributed by atoms with Crippen LogP contribution in [0.4, 0.5) is 5.82 Å². The Labute approximate surface area is 148 Å². The number of benzene rings is 1. The van der Waals surface area contributed by atoms with Crippen molar-refractivity contribution < 1.29 is 14.4 Å². The van der Waals surface area contributed by atoms with E-state index in [4.69, 9.17) is 12.2 Å². The summed E-state index contributed by atoms with van der Waals surface area (Å²) >= 11 is 5.30. The van der Waals surface area contributed by atoms with Gasteiger partial charge in [-0.25, -0.2) is 4.98 Å². The molecule has 0 fully saturated rings. The molecule has 0 spiro atoms. The summed E-state index contributed by atoms with van der Waals surface area (Å²) in [6.07, 6.45) is -0.0484. The summed E-state index contributed by atoms with van der Waals surface area (Å²) in [5.74, 6) is -0.186. The van der Waals surface area contributed by atoms with Gasteiger partial charge in [0.05, 0.1) is 11.9 Å². The highest BCUT2D eigenvalue weighted by Crippen LogP contribution is 2.32. The van der Waals surface area contributed by atoms with Gasteiger partial charge < -0.3 is 16.0 Å². The van der Waals surface area contributed by atoms with Crippen molar-refractivity contribution >= 4 is 46.7 Å². The molecule has 8 nitrogen and oxygen atoms in total. The third kappa shape index (κ3) is 3.50. The molecular weight excluding hydrogens is 342 g/mol. The molecule has 1 atom stereocenters. The first kappa shape index (κ1) is 17.0. The molecule has 2 aromatic rings. The number of hydrogen-bond acceptors (Lipinski definition) is 5. The fourth-order valence-electron chi connectivity index (χ4n) is 2.76. The molecule has 3 N–H and O–H groups in total. The largest absolute Gasteiger partial charge is 0.355 e. The highest BCUT2D eigenvalue weighted by Gasteiger charge is 2.33. The SMILES string of the molecule is CC(=O)NCCNC(=O)CC1C(=O)Nc2c3ccccc3nc(=S)n21. The topological polar surface area (TPSA) is 105 Å². The Morgan fingerprint density at radius 3 is 2.76 bits per heavy atom. The minimum atomic E-state index is -0.736. The predicted octanol–water partition coefficient (Wildman–Crippen LogP) is 0.901. The van der Waals surface area contributed by atoms with E-state index in [0.29, 0.717) is 24.4 Å². The predicted molar refractivity (Wildman–Crippen MR) is 94.5 cm³/mol. The highest BCUT2D eigenvalue weighted by molar-refractivity contribution is 7.71. The number of carbonyl (C=O) groups excluding carboxylic acids is 3. The number of hydrogen-bond donors (Lipinski definition) is 3. The molecular formula is C16H17N5O3S. The third-order valence-electron chi connectivity index (χ3n) is 3.88. The van der Waals surface area contributed by atoms with Gasteiger partial charge in [-0.15, -0.1) is 0 Å². The summed E-state index contributed by atoms with van der Waals surface area (Å²) in [7, 11) is 0. The van der Waals surface area contributed by atoms with Crippen LogP contribution in [0.15, 0.2) is 24.3 Å². The van der Waals surface area contributed by atoms with Crippen molar-refractivity contribution in [3.05, 3.63) is 29.0 Å². The van der Waals surface area contributed by atoms with Crippen LogP contribution < -0.4 is 16.0 Å². The molecule has 25 heavy (non-hydrogen) atoms. The Balaban J connectivity index is 1.78. The molecule has 0 radical (unpaired) electrons. The molecule has 0 saturated carbocycles. The Bertz CT molecular complexity index is 924. The Morgan fingerprint density at radius 1 is 1.28 bits per heavy atom. The maximum absolute atomic E-state index is 12.3. The first-order chi connectivity index (χ1) is 12.0. The molecule has 3 rings (SSSR count). The van der Waals surface area contributed by atoms with Gasteiger partial charge >= 0.3 is 0 Å². The molecule has 130 valence electrons. The van der Waals surface area contributed by atoms with Crippen LogP contribution in [0.2, 0.25) is 0 Å². The van der Waals surface area contributed by atoms with Gasteiger partial charge in [0, 0.05) is 25.4 Å². The molecule has 9 heteroatoms. The molecule has 1 aliphatic heterocycles. The molecule has 3 amide bonds. The number of fused-ring (bicyclic) bond motifs is 3. The first-order valence-corrected chi connectivity index (χ1v) is 8.21. The number of aromatic nitrogens is 2. The first-order valence-electron chi connectivity index (χ1n) is 7.80. The van der Waals surface area contributed by atoms with Gasteiger partial charge in [0.25, 0.3) is 0 Å². The number of anilines is 1. The molecule has 2 heterocycles. The van der Waals surface area contributed by atoms with E-state index in [-0.39, 0.29) is 28.9 Å². The maximum atomic E-state index is 12.3. The molecule has 0 bridgehead atoms. The van der Waals surface area contributed by atoms with Crippen LogP contribution in [-0.4, -0.2) is 40.4 Å². The summed E-state index contributed by atoms with van der Waals surface area (Å²) in [5, 5.41) is 8.83. The Hall–Kier alpha value is -2.81. The van der Waals surface area contributed by atoms with Gasteiger partial charge in [0.15, 0.2) is 0 Å². The Morgan fingerprint density at radius 2 is 2.00 bits per heavy atom. The fourth-order valence-corrected chi connectivity index (χ4v) is 3.08. The molecule has 0 saturated heterocycles. The lowest BCUT2D eigenvalue weighted by Crippen LogP contribution is -2.35. The standard InChI is InChI=1S/C16H17N5O3S/c1-9(22)17-6-7-18-13(23)8-12-15(24)20-14-10-4-2-3-5-11(10)19-16(25)21(12)14/h2-5,12H,6-8H2,1H3,(H,17,22)(H,18,23)(H,20,24). The number of para-hydroxylation sites is 1. The van der Waals surface area contributed by atoms with Gasteiger partial charge in [0.1, 0.15) is 11.9 Å². The highest BCUT2D eigenvalue weighted by atomic mass is 32.1. The summed E-state index contributed by atoms with van der Waals surface area (Å²) in [6, 6.07) is 6.62. The number of rotatable bonds is 5. The van der Waals surface area contributed by atoms with E-state index in [2.05, 4.69) is 20.9 Å². The van der Waals surface area contributed by atoms with Crippen molar-refractivity contribution in [1.29, 1.82) is 0 Å². The van der Waals surface area contributed by atoms with Crippen molar-refractivity contribution in [3.8, 4) is 0 Å². The molecule has 1 aliphatic rings. The van der Waals surface area contributed by atoms with E-state index < -0.39 is 6.04 Å². The van der Waals surface area contributed by atoms with Crippen molar-refractivity contribution in [1.82, 2.24) is 20.2 Å². The quantitative estimate of drug-likeness (QED) is 0.543. The van der Waals surface area contributed by atoms with Crippen molar-refractivity contribution in [2.75, 3.05) is 18.4 Å². The van der Waals surface area contributed by atoms with Crippen LogP contribution in [0.5, 0.6) is 0 Å². The second-order valence-electron chi connectivity index (χ2n) is 5.67. The van der Waals surface area contributed by atoms with E-state index in [1.54, 1.807) is 4.57 Å². The van der Waals surface area contributed by atoms with Gasteiger partial charge in [-0.1, -0.05) is 12.1 Å². The zero-order chi connectivity index (χ0) is 18.0. The molecule has 0 aliphatic carbocycles. The van der Waals surface area contributed by atoms with E-state index in [9.17, 15) is 14.4 Å². The Kier molecular flexibility index (Phi) is 4.75. The van der Waals surface area contributed by atoms with E-state index in [1.165, 1.54) is 6.92 Å². The smallest absolute Gasteiger partial charge is 0.249 e. The van der Waals surface area contributed by atoms with Crippen molar-refractivity contribution in [2.24, 2.45) is 0 Å². The normalized spacial score (nSPS) is 15.6. The number of amides is 3. The maximum Gasteiger partial charge on any atom is 0.249 e. The minimum Gasteiger partial charge on any atom is -0.355 e. The van der Waals surface area contributed by atoms with Crippen LogP contribution in [0.3, 0.4) is 0 Å². The van der Waals surface area contributed by atoms with E-state index in [0.717, 1.165) is 5.39 Å². The zero-order valence-corrected chi connectivity index (χ0v) is 14.4. The summed E-state index contributed by atoms with van der Waals surface area (Å²) < 4.78 is 1.84. The monoisotopic (exact) mass is 359 g/mol. The summed E-state index contributed by atoms with van der Waals surface area (Å²) in [4.78, 5) is 39.6. The summed E-state index contributed by atoms with van der Waals surface area (Å²) in [6.45, 7) is 2.03. The van der Waals surface area contributed by atoms with Crippen LogP contribution in [0, 0.1) is 4.77 Å². The molecule has 1 unspecified atom stereocenters. The molecule has 1 aromatic heterocycles. The van der Waals surface area contributed by atoms with E-state index in [1.807, 2.05) is 24.3 Å².